The van der Waals surface area contributed by atoms with Gasteiger partial charge in [0, 0.05) is 13.2 Å². The van der Waals surface area contributed by atoms with E-state index in [1.807, 2.05) is 0 Å². The van der Waals surface area contributed by atoms with E-state index in [4.69, 9.17) is 9.16 Å². The normalized spacial score (nSPS) is 13.5. The van der Waals surface area contributed by atoms with E-state index in [1.165, 1.54) is 37.4 Å². The number of ether oxygens (including phenoxy) is 1. The van der Waals surface area contributed by atoms with Crippen LogP contribution in [0, 0.1) is 0 Å². The van der Waals surface area contributed by atoms with E-state index in [1.54, 1.807) is 0 Å². The molecular weight excluding hydrogens is 292 g/mol. The highest BCUT2D eigenvalue weighted by Crippen LogP contribution is 2.27. The number of aliphatic hydroxyl groups excluding tert-OH is 1. The highest BCUT2D eigenvalue weighted by molar-refractivity contribution is 6.73. The van der Waals surface area contributed by atoms with Gasteiger partial charge < -0.3 is 14.3 Å². The summed E-state index contributed by atoms with van der Waals surface area (Å²) in [6.45, 7) is 11.0. The van der Waals surface area contributed by atoms with E-state index >= 15 is 0 Å². The van der Waals surface area contributed by atoms with E-state index in [0.717, 1.165) is 38.9 Å². The SMILES string of the molecule is CCCCOCC(O)CCCO[Si](CCC)(CCC)CCC. The molecule has 0 rings (SSSR count). The van der Waals surface area contributed by atoms with Crippen LogP contribution in [0.25, 0.3) is 0 Å². The Labute approximate surface area is 139 Å². The molecule has 1 unspecified atom stereocenters. The third kappa shape index (κ3) is 10.8. The molecule has 0 radical (unpaired) electrons. The lowest BCUT2D eigenvalue weighted by molar-refractivity contribution is 0.0286. The molecule has 0 aliphatic carbocycles. The van der Waals surface area contributed by atoms with Crippen LogP contribution >= 0.6 is 0 Å². The Bertz CT molecular complexity index is 219. The summed E-state index contributed by atoms with van der Waals surface area (Å²) in [5, 5.41) is 9.92. The van der Waals surface area contributed by atoms with Crippen molar-refractivity contribution in [1.29, 1.82) is 0 Å². The van der Waals surface area contributed by atoms with E-state index in [2.05, 4.69) is 27.7 Å². The second-order valence-corrected chi connectivity index (χ2v) is 10.7. The quantitative estimate of drug-likeness (QED) is 0.314. The van der Waals surface area contributed by atoms with Crippen molar-refractivity contribution in [2.75, 3.05) is 19.8 Å². The van der Waals surface area contributed by atoms with Gasteiger partial charge in [0.1, 0.15) is 0 Å². The Hall–Kier alpha value is 0.0969. The van der Waals surface area contributed by atoms with Gasteiger partial charge in [-0.2, -0.15) is 0 Å². The number of hydrogen-bond acceptors (Lipinski definition) is 3. The zero-order chi connectivity index (χ0) is 16.7. The maximum Gasteiger partial charge on any atom is 0.192 e. The molecule has 0 fully saturated rings. The minimum atomic E-state index is -1.52. The van der Waals surface area contributed by atoms with E-state index < -0.39 is 8.32 Å². The average Bonchev–Trinajstić information content (AvgIpc) is 2.49. The van der Waals surface area contributed by atoms with E-state index in [0.29, 0.717) is 6.61 Å². The zero-order valence-corrected chi connectivity index (χ0v) is 16.5. The fourth-order valence-electron chi connectivity index (χ4n) is 3.12. The first kappa shape index (κ1) is 22.1. The van der Waals surface area contributed by atoms with Gasteiger partial charge in [-0.3, -0.25) is 0 Å². The van der Waals surface area contributed by atoms with Crippen LogP contribution in [-0.2, 0) is 9.16 Å². The molecule has 134 valence electrons. The minimum absolute atomic E-state index is 0.333. The molecule has 0 saturated heterocycles. The van der Waals surface area contributed by atoms with Crippen molar-refractivity contribution in [2.45, 2.75) is 96.9 Å². The van der Waals surface area contributed by atoms with Crippen LogP contribution in [0.1, 0.15) is 72.6 Å². The van der Waals surface area contributed by atoms with Gasteiger partial charge in [-0.1, -0.05) is 53.4 Å². The van der Waals surface area contributed by atoms with Crippen molar-refractivity contribution in [1.82, 2.24) is 0 Å². The van der Waals surface area contributed by atoms with Crippen molar-refractivity contribution in [3.05, 3.63) is 0 Å². The minimum Gasteiger partial charge on any atom is -0.417 e. The molecule has 0 spiro atoms. The third-order valence-corrected chi connectivity index (χ3v) is 9.21. The van der Waals surface area contributed by atoms with Gasteiger partial charge in [0.25, 0.3) is 0 Å². The molecule has 1 atom stereocenters. The first-order valence-corrected chi connectivity index (χ1v) is 12.1. The molecule has 0 aromatic heterocycles. The Balaban J connectivity index is 3.95. The second-order valence-electron chi connectivity index (χ2n) is 6.51. The van der Waals surface area contributed by atoms with Crippen LogP contribution in [0.3, 0.4) is 0 Å². The first-order valence-electron chi connectivity index (χ1n) is 9.53. The molecule has 0 aromatic carbocycles. The summed E-state index contributed by atoms with van der Waals surface area (Å²) < 4.78 is 11.9. The van der Waals surface area contributed by atoms with Gasteiger partial charge in [-0.25, -0.2) is 0 Å². The third-order valence-electron chi connectivity index (χ3n) is 4.16. The van der Waals surface area contributed by atoms with Crippen LogP contribution in [0.5, 0.6) is 0 Å². The van der Waals surface area contributed by atoms with Gasteiger partial charge in [0.2, 0.25) is 0 Å². The van der Waals surface area contributed by atoms with Crippen LogP contribution < -0.4 is 0 Å². The van der Waals surface area contributed by atoms with Gasteiger partial charge in [0.05, 0.1) is 12.7 Å². The Kier molecular flexibility index (Phi) is 14.7. The molecule has 1 N–H and O–H groups in total. The summed E-state index contributed by atoms with van der Waals surface area (Å²) in [5.41, 5.74) is 0. The summed E-state index contributed by atoms with van der Waals surface area (Å²) in [6.07, 6.45) is 7.34. The van der Waals surface area contributed by atoms with E-state index in [9.17, 15) is 5.11 Å². The molecular formula is C18H40O3Si. The average molecular weight is 333 g/mol. The second kappa shape index (κ2) is 14.7. The molecule has 0 aromatic rings. The highest BCUT2D eigenvalue weighted by atomic mass is 28.4. The number of rotatable bonds is 16. The lowest BCUT2D eigenvalue weighted by Gasteiger charge is -2.31. The van der Waals surface area contributed by atoms with Crippen molar-refractivity contribution in [3.63, 3.8) is 0 Å². The van der Waals surface area contributed by atoms with Crippen molar-refractivity contribution in [3.8, 4) is 0 Å². The van der Waals surface area contributed by atoms with Crippen molar-refractivity contribution >= 4 is 8.32 Å². The predicted molar refractivity (Wildman–Crippen MR) is 98.0 cm³/mol. The van der Waals surface area contributed by atoms with Gasteiger partial charge >= 0.3 is 0 Å². The standard InChI is InChI=1S/C18H40O3Si/c1-5-9-12-20-17-18(19)11-10-13-21-22(14-6-2,15-7-3)16-8-4/h18-19H,5-17H2,1-4H3. The Morgan fingerprint density at radius 2 is 1.41 bits per heavy atom. The molecule has 0 heterocycles. The van der Waals surface area contributed by atoms with E-state index in [-0.39, 0.29) is 6.10 Å². The molecule has 0 bridgehead atoms. The lowest BCUT2D eigenvalue weighted by atomic mass is 10.2. The Morgan fingerprint density at radius 1 is 0.818 bits per heavy atom. The molecule has 0 aliphatic rings. The largest absolute Gasteiger partial charge is 0.417 e. The van der Waals surface area contributed by atoms with Gasteiger partial charge in [-0.15, -0.1) is 0 Å². The van der Waals surface area contributed by atoms with Crippen LogP contribution in [0.15, 0.2) is 0 Å². The fraction of sp³-hybridized carbons (Fsp3) is 1.00. The number of unbranched alkanes of at least 4 members (excludes halogenated alkanes) is 1. The first-order chi connectivity index (χ1) is 10.6. The molecule has 22 heavy (non-hydrogen) atoms. The summed E-state index contributed by atoms with van der Waals surface area (Å²) in [5.74, 6) is 0. The van der Waals surface area contributed by atoms with Gasteiger partial charge in [0.15, 0.2) is 8.32 Å². The number of aliphatic hydroxyl groups is 1. The fourth-order valence-corrected chi connectivity index (χ4v) is 7.61. The molecule has 4 heteroatoms. The highest BCUT2D eigenvalue weighted by Gasteiger charge is 2.31. The monoisotopic (exact) mass is 332 g/mol. The summed E-state index contributed by atoms with van der Waals surface area (Å²) in [6, 6.07) is 3.87. The van der Waals surface area contributed by atoms with Crippen molar-refractivity contribution in [2.24, 2.45) is 0 Å². The molecule has 0 saturated carbocycles. The number of hydrogen-bond donors (Lipinski definition) is 1. The Morgan fingerprint density at radius 3 is 1.91 bits per heavy atom. The maximum atomic E-state index is 9.92. The summed E-state index contributed by atoms with van der Waals surface area (Å²) >= 11 is 0. The van der Waals surface area contributed by atoms with Crippen LogP contribution in [0.4, 0.5) is 0 Å². The summed E-state index contributed by atoms with van der Waals surface area (Å²) in [7, 11) is -1.52. The molecule has 0 aliphatic heterocycles. The van der Waals surface area contributed by atoms with Gasteiger partial charge in [-0.05, 0) is 37.4 Å². The molecule has 0 amide bonds. The van der Waals surface area contributed by atoms with Crippen molar-refractivity contribution < 1.29 is 14.3 Å². The topological polar surface area (TPSA) is 38.7 Å². The zero-order valence-electron chi connectivity index (χ0n) is 15.5. The maximum absolute atomic E-state index is 9.92. The summed E-state index contributed by atoms with van der Waals surface area (Å²) in [4.78, 5) is 0. The van der Waals surface area contributed by atoms with Crippen LogP contribution in [0.2, 0.25) is 18.1 Å². The van der Waals surface area contributed by atoms with Crippen LogP contribution in [-0.4, -0.2) is 39.3 Å². The predicted octanol–water partition coefficient (Wildman–Crippen LogP) is 5.14. The smallest absolute Gasteiger partial charge is 0.192 e. The lowest BCUT2D eigenvalue weighted by Crippen LogP contribution is -2.38. The molecule has 3 nitrogen and oxygen atoms in total.